The molecule has 6 nitrogen and oxygen atoms in total. The Hall–Kier alpha value is -3.23. The summed E-state index contributed by atoms with van der Waals surface area (Å²) in [6, 6.07) is 13.8. The van der Waals surface area contributed by atoms with Crippen LogP contribution in [0.1, 0.15) is 10.6 Å². The maximum absolute atomic E-state index is 12.3. The number of nitrogens with one attached hydrogen (secondary N) is 1. The van der Waals surface area contributed by atoms with Crippen LogP contribution in [0.3, 0.4) is 0 Å². The lowest BCUT2D eigenvalue weighted by Gasteiger charge is -2.08. The summed E-state index contributed by atoms with van der Waals surface area (Å²) in [5.41, 5.74) is 2.91. The lowest BCUT2D eigenvalue weighted by atomic mass is 10.2. The van der Waals surface area contributed by atoms with Crippen molar-refractivity contribution >= 4 is 48.9 Å². The summed E-state index contributed by atoms with van der Waals surface area (Å²) in [5, 5.41) is 11.3. The number of carbonyl (C=O) groups is 1. The summed E-state index contributed by atoms with van der Waals surface area (Å²) in [6.07, 6.45) is 3.66. The Labute approximate surface area is 180 Å². The average molecular weight is 435 g/mol. The standard InChI is InChI=1S/C22H18N4O2S2/c1-14-25-21-19(30-14)9-18(17-7-8-29-22(17)21)28-13-20(27)23-10-15-11-24-26(12-15)16-5-3-2-4-6-16/h2-9,11-12H,10,13H2,1H3,(H,23,27). The van der Waals surface area contributed by atoms with Crippen molar-refractivity contribution in [2.24, 2.45) is 0 Å². The van der Waals surface area contributed by atoms with E-state index in [1.54, 1.807) is 33.6 Å². The zero-order chi connectivity index (χ0) is 20.5. The molecule has 0 bridgehead atoms. The number of amides is 1. The second kappa shape index (κ2) is 7.89. The van der Waals surface area contributed by atoms with Crippen LogP contribution in [0, 0.1) is 6.92 Å². The molecule has 0 aliphatic rings. The summed E-state index contributed by atoms with van der Waals surface area (Å²) < 4.78 is 9.83. The van der Waals surface area contributed by atoms with Crippen molar-refractivity contribution in [3.8, 4) is 11.4 Å². The molecule has 0 unspecified atom stereocenters. The van der Waals surface area contributed by atoms with Gasteiger partial charge in [-0.1, -0.05) is 18.2 Å². The monoisotopic (exact) mass is 434 g/mol. The van der Waals surface area contributed by atoms with E-state index >= 15 is 0 Å². The Kier molecular flexibility index (Phi) is 4.94. The Morgan fingerprint density at radius 1 is 1.23 bits per heavy atom. The fourth-order valence-corrected chi connectivity index (χ4v) is 5.11. The van der Waals surface area contributed by atoms with Gasteiger partial charge in [0.25, 0.3) is 5.91 Å². The molecule has 0 aliphatic heterocycles. The number of benzene rings is 2. The first-order chi connectivity index (χ1) is 14.7. The largest absolute Gasteiger partial charge is 0.483 e. The topological polar surface area (TPSA) is 69.0 Å². The van der Waals surface area contributed by atoms with E-state index in [-0.39, 0.29) is 12.5 Å². The van der Waals surface area contributed by atoms with E-state index in [9.17, 15) is 4.79 Å². The Morgan fingerprint density at radius 2 is 2.10 bits per heavy atom. The molecule has 0 saturated heterocycles. The van der Waals surface area contributed by atoms with Gasteiger partial charge < -0.3 is 10.1 Å². The van der Waals surface area contributed by atoms with Crippen molar-refractivity contribution in [1.29, 1.82) is 0 Å². The van der Waals surface area contributed by atoms with Crippen LogP contribution >= 0.6 is 22.7 Å². The minimum atomic E-state index is -0.175. The lowest BCUT2D eigenvalue weighted by Crippen LogP contribution is -2.28. The molecule has 5 aromatic rings. The maximum atomic E-state index is 12.3. The second-order valence-electron chi connectivity index (χ2n) is 6.81. The molecule has 0 atom stereocenters. The van der Waals surface area contributed by atoms with Crippen LogP contribution in [0.2, 0.25) is 0 Å². The van der Waals surface area contributed by atoms with Gasteiger partial charge in [0, 0.05) is 29.8 Å². The van der Waals surface area contributed by atoms with E-state index in [1.165, 1.54) is 0 Å². The Morgan fingerprint density at radius 3 is 2.97 bits per heavy atom. The van der Waals surface area contributed by atoms with Crippen molar-refractivity contribution in [3.05, 3.63) is 70.8 Å². The fourth-order valence-electron chi connectivity index (χ4n) is 3.27. The number of aryl methyl sites for hydroxylation is 1. The molecule has 0 fully saturated rings. The zero-order valence-corrected chi connectivity index (χ0v) is 17.8. The van der Waals surface area contributed by atoms with Gasteiger partial charge >= 0.3 is 0 Å². The molecule has 3 heterocycles. The number of thiophene rings is 1. The predicted octanol–water partition coefficient (Wildman–Crippen LogP) is 4.70. The summed E-state index contributed by atoms with van der Waals surface area (Å²) in [6.45, 7) is 2.36. The highest BCUT2D eigenvalue weighted by atomic mass is 32.1. The quantitative estimate of drug-likeness (QED) is 0.421. The maximum Gasteiger partial charge on any atom is 0.258 e. The van der Waals surface area contributed by atoms with Gasteiger partial charge in [0.2, 0.25) is 0 Å². The van der Waals surface area contributed by atoms with Crippen LogP contribution in [0.4, 0.5) is 0 Å². The molecule has 0 saturated carbocycles. The highest BCUT2D eigenvalue weighted by Crippen LogP contribution is 2.38. The summed E-state index contributed by atoms with van der Waals surface area (Å²) in [7, 11) is 0. The molecule has 0 spiro atoms. The first kappa shape index (κ1) is 18.8. The molecule has 5 rings (SSSR count). The van der Waals surface area contributed by atoms with E-state index in [0.29, 0.717) is 6.54 Å². The predicted molar refractivity (Wildman–Crippen MR) is 121 cm³/mol. The average Bonchev–Trinajstić information content (AvgIpc) is 3.49. The molecular formula is C22H18N4O2S2. The van der Waals surface area contributed by atoms with Crippen LogP contribution in [0.5, 0.6) is 5.75 Å². The molecule has 0 radical (unpaired) electrons. The van der Waals surface area contributed by atoms with Gasteiger partial charge in [-0.3, -0.25) is 4.79 Å². The molecule has 150 valence electrons. The number of hydrogen-bond acceptors (Lipinski definition) is 6. The SMILES string of the molecule is Cc1nc2c(cc(OCC(=O)NCc3cnn(-c4ccccc4)c3)c3ccsc32)s1. The fraction of sp³-hybridized carbons (Fsp3) is 0.136. The van der Waals surface area contributed by atoms with Crippen LogP contribution in [-0.4, -0.2) is 27.3 Å². The normalized spacial score (nSPS) is 11.2. The van der Waals surface area contributed by atoms with Gasteiger partial charge in [-0.25, -0.2) is 9.67 Å². The van der Waals surface area contributed by atoms with Crippen LogP contribution < -0.4 is 10.1 Å². The van der Waals surface area contributed by atoms with Crippen molar-refractivity contribution in [2.75, 3.05) is 6.61 Å². The van der Waals surface area contributed by atoms with Crippen LogP contribution in [-0.2, 0) is 11.3 Å². The molecule has 2 aromatic carbocycles. The van der Waals surface area contributed by atoms with Gasteiger partial charge in [0.15, 0.2) is 6.61 Å². The number of thiazole rings is 1. The molecule has 0 aliphatic carbocycles. The third-order valence-corrected chi connectivity index (χ3v) is 6.51. The van der Waals surface area contributed by atoms with Gasteiger partial charge in [-0.05, 0) is 30.5 Å². The number of hydrogen-bond donors (Lipinski definition) is 1. The molecule has 8 heteroatoms. The van der Waals surface area contributed by atoms with Crippen molar-refractivity contribution in [2.45, 2.75) is 13.5 Å². The van der Waals surface area contributed by atoms with E-state index < -0.39 is 0 Å². The van der Waals surface area contributed by atoms with E-state index in [4.69, 9.17) is 4.74 Å². The molecule has 3 aromatic heterocycles. The van der Waals surface area contributed by atoms with Gasteiger partial charge in [-0.15, -0.1) is 22.7 Å². The minimum absolute atomic E-state index is 0.0406. The molecular weight excluding hydrogens is 416 g/mol. The number of fused-ring (bicyclic) bond motifs is 3. The van der Waals surface area contributed by atoms with E-state index in [1.807, 2.05) is 61.0 Å². The van der Waals surface area contributed by atoms with E-state index in [2.05, 4.69) is 15.4 Å². The molecule has 1 amide bonds. The Bertz CT molecular complexity index is 1340. The highest BCUT2D eigenvalue weighted by molar-refractivity contribution is 7.21. The minimum Gasteiger partial charge on any atom is -0.483 e. The zero-order valence-electron chi connectivity index (χ0n) is 16.2. The van der Waals surface area contributed by atoms with Crippen LogP contribution in [0.15, 0.2) is 60.2 Å². The number of ether oxygens (including phenoxy) is 1. The van der Waals surface area contributed by atoms with Crippen LogP contribution in [0.25, 0.3) is 26.0 Å². The van der Waals surface area contributed by atoms with Crippen molar-refractivity contribution in [3.63, 3.8) is 0 Å². The van der Waals surface area contributed by atoms with Gasteiger partial charge in [-0.2, -0.15) is 5.10 Å². The number of aromatic nitrogens is 3. The molecule has 1 N–H and O–H groups in total. The number of rotatable bonds is 6. The highest BCUT2D eigenvalue weighted by Gasteiger charge is 2.14. The first-order valence-electron chi connectivity index (χ1n) is 9.43. The summed E-state index contributed by atoms with van der Waals surface area (Å²) in [5.74, 6) is 0.542. The molecule has 30 heavy (non-hydrogen) atoms. The van der Waals surface area contributed by atoms with Crippen molar-refractivity contribution < 1.29 is 9.53 Å². The summed E-state index contributed by atoms with van der Waals surface area (Å²) >= 11 is 3.27. The van der Waals surface area contributed by atoms with E-state index in [0.717, 1.165) is 42.3 Å². The number of carbonyl (C=O) groups excluding carboxylic acids is 1. The lowest BCUT2D eigenvalue weighted by molar-refractivity contribution is -0.123. The van der Waals surface area contributed by atoms with Crippen molar-refractivity contribution in [1.82, 2.24) is 20.1 Å². The number of para-hydroxylation sites is 1. The van der Waals surface area contributed by atoms with Gasteiger partial charge in [0.1, 0.15) is 5.75 Å². The third-order valence-electron chi connectivity index (χ3n) is 4.67. The third kappa shape index (κ3) is 3.67. The smallest absolute Gasteiger partial charge is 0.258 e. The number of nitrogens with zero attached hydrogens (tertiary/aromatic N) is 3. The second-order valence-corrected chi connectivity index (χ2v) is 8.96. The summed E-state index contributed by atoms with van der Waals surface area (Å²) in [4.78, 5) is 17.0. The van der Waals surface area contributed by atoms with Gasteiger partial charge in [0.05, 0.1) is 31.8 Å². The Balaban J connectivity index is 1.23. The first-order valence-corrected chi connectivity index (χ1v) is 11.1.